The summed E-state index contributed by atoms with van der Waals surface area (Å²) < 4.78 is 0. The second kappa shape index (κ2) is 6.38. The molecule has 0 radical (unpaired) electrons. The molecular formula is C21H26N4O. The number of amides is 1. The maximum Gasteiger partial charge on any atom is 0.223 e. The Morgan fingerprint density at radius 2 is 2.00 bits per heavy atom. The molecule has 1 fully saturated rings. The van der Waals surface area contributed by atoms with E-state index in [2.05, 4.69) is 34.3 Å². The van der Waals surface area contributed by atoms with Crippen LogP contribution in [0.5, 0.6) is 0 Å². The van der Waals surface area contributed by atoms with Crippen molar-refractivity contribution in [2.24, 2.45) is 5.92 Å². The highest BCUT2D eigenvalue weighted by molar-refractivity contribution is 5.78. The van der Waals surface area contributed by atoms with Gasteiger partial charge in [-0.1, -0.05) is 6.07 Å². The lowest BCUT2D eigenvalue weighted by Crippen LogP contribution is -2.25. The predicted molar refractivity (Wildman–Crippen MR) is 102 cm³/mol. The van der Waals surface area contributed by atoms with Crippen LogP contribution < -0.4 is 5.32 Å². The normalized spacial score (nSPS) is 20.8. The van der Waals surface area contributed by atoms with Gasteiger partial charge in [-0.3, -0.25) is 9.78 Å². The van der Waals surface area contributed by atoms with Gasteiger partial charge < -0.3 is 10.2 Å². The van der Waals surface area contributed by atoms with E-state index >= 15 is 0 Å². The highest BCUT2D eigenvalue weighted by Gasteiger charge is 2.41. The molecular weight excluding hydrogens is 324 g/mol. The first-order chi connectivity index (χ1) is 12.5. The molecule has 1 saturated carbocycles. The molecule has 1 aliphatic carbocycles. The summed E-state index contributed by atoms with van der Waals surface area (Å²) in [5.74, 6) is 2.12. The van der Waals surface area contributed by atoms with Crippen molar-refractivity contribution >= 4 is 11.7 Å². The Labute approximate surface area is 154 Å². The van der Waals surface area contributed by atoms with Crippen LogP contribution in [-0.4, -0.2) is 27.8 Å². The van der Waals surface area contributed by atoms with E-state index in [9.17, 15) is 4.79 Å². The van der Waals surface area contributed by atoms with Gasteiger partial charge in [0.15, 0.2) is 0 Å². The monoisotopic (exact) mass is 350 g/mol. The maximum atomic E-state index is 12.9. The molecule has 4 rings (SSSR count). The highest BCUT2D eigenvalue weighted by atomic mass is 16.2. The maximum absolute atomic E-state index is 12.9. The number of anilines is 1. The number of carbonyl (C=O) groups is 1. The topological polar surface area (TPSA) is 58.1 Å². The van der Waals surface area contributed by atoms with Gasteiger partial charge in [0.1, 0.15) is 5.82 Å². The van der Waals surface area contributed by atoms with Crippen LogP contribution in [0.25, 0.3) is 0 Å². The molecule has 5 heteroatoms. The number of nitrogens with zero attached hydrogens (tertiary/aromatic N) is 3. The van der Waals surface area contributed by atoms with Gasteiger partial charge in [0.25, 0.3) is 0 Å². The molecule has 26 heavy (non-hydrogen) atoms. The SMILES string of the molecule is CNc1nc(C)c(C)c2c1CN(C(=O)C[C@@H]1C[C@H]1c1ccc(C)nc1)C2. The van der Waals surface area contributed by atoms with Gasteiger partial charge in [-0.15, -0.1) is 0 Å². The number of fused-ring (bicyclic) bond motifs is 1. The van der Waals surface area contributed by atoms with Gasteiger partial charge in [0.2, 0.25) is 5.91 Å². The summed E-state index contributed by atoms with van der Waals surface area (Å²) in [6.45, 7) is 7.52. The lowest BCUT2D eigenvalue weighted by Gasteiger charge is -2.15. The van der Waals surface area contributed by atoms with Crippen LogP contribution in [0.1, 0.15) is 52.4 Å². The van der Waals surface area contributed by atoms with E-state index in [1.54, 1.807) is 0 Å². The summed E-state index contributed by atoms with van der Waals surface area (Å²) in [5, 5.41) is 3.19. The van der Waals surface area contributed by atoms with Crippen LogP contribution in [0.15, 0.2) is 18.3 Å². The van der Waals surface area contributed by atoms with Crippen LogP contribution in [0.3, 0.4) is 0 Å². The largest absolute Gasteiger partial charge is 0.373 e. The summed E-state index contributed by atoms with van der Waals surface area (Å²) in [4.78, 5) is 23.9. The quantitative estimate of drug-likeness (QED) is 0.917. The fraction of sp³-hybridized carbons (Fsp3) is 0.476. The number of aryl methyl sites for hydroxylation is 2. The lowest BCUT2D eigenvalue weighted by atomic mass is 10.0. The van der Waals surface area contributed by atoms with Crippen molar-refractivity contribution in [3.63, 3.8) is 0 Å². The predicted octanol–water partition coefficient (Wildman–Crippen LogP) is 3.48. The second-order valence-corrected chi connectivity index (χ2v) is 7.67. The van der Waals surface area contributed by atoms with Crippen molar-refractivity contribution < 1.29 is 4.79 Å². The van der Waals surface area contributed by atoms with Crippen molar-refractivity contribution in [1.82, 2.24) is 14.9 Å². The Hall–Kier alpha value is -2.43. The number of hydrogen-bond donors (Lipinski definition) is 1. The average Bonchev–Trinajstić information content (AvgIpc) is 3.24. The Balaban J connectivity index is 1.43. The van der Waals surface area contributed by atoms with Gasteiger partial charge in [-0.25, -0.2) is 4.98 Å². The summed E-state index contributed by atoms with van der Waals surface area (Å²) in [5.41, 5.74) is 7.01. The molecule has 3 heterocycles. The summed E-state index contributed by atoms with van der Waals surface area (Å²) >= 11 is 0. The van der Waals surface area contributed by atoms with Gasteiger partial charge >= 0.3 is 0 Å². The van der Waals surface area contributed by atoms with Crippen molar-refractivity contribution in [2.75, 3.05) is 12.4 Å². The van der Waals surface area contributed by atoms with E-state index in [0.717, 1.165) is 23.6 Å². The summed E-state index contributed by atoms with van der Waals surface area (Å²) in [7, 11) is 1.90. The van der Waals surface area contributed by atoms with Crippen LogP contribution in [0.2, 0.25) is 0 Å². The molecule has 0 bridgehead atoms. The zero-order valence-electron chi connectivity index (χ0n) is 16.0. The molecule has 1 N–H and O–H groups in total. The Kier molecular flexibility index (Phi) is 4.17. The van der Waals surface area contributed by atoms with E-state index in [0.29, 0.717) is 31.3 Å². The zero-order valence-corrected chi connectivity index (χ0v) is 16.0. The third-order valence-electron chi connectivity index (χ3n) is 5.93. The Morgan fingerprint density at radius 3 is 2.69 bits per heavy atom. The van der Waals surface area contributed by atoms with Gasteiger partial charge in [0, 0.05) is 49.7 Å². The number of nitrogens with one attached hydrogen (secondary N) is 1. The molecule has 5 nitrogen and oxygen atoms in total. The van der Waals surface area contributed by atoms with Crippen molar-refractivity contribution in [2.45, 2.75) is 52.6 Å². The van der Waals surface area contributed by atoms with E-state index < -0.39 is 0 Å². The fourth-order valence-electron chi connectivity index (χ4n) is 4.05. The first-order valence-corrected chi connectivity index (χ1v) is 9.35. The van der Waals surface area contributed by atoms with E-state index in [-0.39, 0.29) is 5.91 Å². The first kappa shape index (κ1) is 17.0. The third kappa shape index (κ3) is 2.96. The number of pyridine rings is 2. The molecule has 2 aliphatic rings. The molecule has 136 valence electrons. The minimum absolute atomic E-state index is 0.257. The first-order valence-electron chi connectivity index (χ1n) is 9.35. The van der Waals surface area contributed by atoms with E-state index in [1.165, 1.54) is 22.3 Å². The molecule has 2 aromatic rings. The number of hydrogen-bond acceptors (Lipinski definition) is 4. The smallest absolute Gasteiger partial charge is 0.223 e. The van der Waals surface area contributed by atoms with Gasteiger partial charge in [-0.2, -0.15) is 0 Å². The Bertz CT molecular complexity index is 859. The van der Waals surface area contributed by atoms with Crippen molar-refractivity contribution in [3.8, 4) is 0 Å². The molecule has 2 atom stereocenters. The van der Waals surface area contributed by atoms with Crippen molar-refractivity contribution in [3.05, 3.63) is 52.0 Å². The molecule has 0 spiro atoms. The second-order valence-electron chi connectivity index (χ2n) is 7.67. The van der Waals surface area contributed by atoms with Crippen LogP contribution in [0, 0.1) is 26.7 Å². The minimum Gasteiger partial charge on any atom is -0.373 e. The summed E-state index contributed by atoms with van der Waals surface area (Å²) in [6.07, 6.45) is 3.69. The average molecular weight is 350 g/mol. The fourth-order valence-corrected chi connectivity index (χ4v) is 4.05. The van der Waals surface area contributed by atoms with E-state index in [1.807, 2.05) is 32.0 Å². The van der Waals surface area contributed by atoms with Crippen LogP contribution >= 0.6 is 0 Å². The molecule has 1 amide bonds. The van der Waals surface area contributed by atoms with Gasteiger partial charge in [-0.05, 0) is 61.8 Å². The lowest BCUT2D eigenvalue weighted by molar-refractivity contribution is -0.132. The van der Waals surface area contributed by atoms with Crippen molar-refractivity contribution in [1.29, 1.82) is 0 Å². The Morgan fingerprint density at radius 1 is 1.23 bits per heavy atom. The van der Waals surface area contributed by atoms with Crippen LogP contribution in [-0.2, 0) is 17.9 Å². The molecule has 0 saturated heterocycles. The zero-order chi connectivity index (χ0) is 18.4. The molecule has 0 unspecified atom stereocenters. The number of rotatable bonds is 4. The van der Waals surface area contributed by atoms with E-state index in [4.69, 9.17) is 0 Å². The highest BCUT2D eigenvalue weighted by Crippen LogP contribution is 2.50. The molecule has 0 aromatic carbocycles. The molecule has 1 aliphatic heterocycles. The number of aromatic nitrogens is 2. The minimum atomic E-state index is 0.257. The standard InChI is InChI=1S/C21H26N4O/c1-12-5-6-15(9-23-12)17-7-16(17)8-20(26)25-10-18-13(2)14(3)24-21(22-4)19(18)11-25/h5-6,9,16-17H,7-8,10-11H2,1-4H3,(H,22,24)/t16-,17-/m0/s1. The number of carbonyl (C=O) groups excluding carboxylic acids is 1. The van der Waals surface area contributed by atoms with Crippen LogP contribution in [0.4, 0.5) is 5.82 Å². The third-order valence-corrected chi connectivity index (χ3v) is 5.93. The summed E-state index contributed by atoms with van der Waals surface area (Å²) in [6, 6.07) is 4.21. The van der Waals surface area contributed by atoms with Gasteiger partial charge in [0.05, 0.1) is 0 Å². The molecule has 2 aromatic heterocycles.